The monoisotopic (exact) mass is 290 g/mol. The molecule has 0 aliphatic heterocycles. The number of carboxylic acid groups (broad SMARTS) is 1. The van der Waals surface area contributed by atoms with Gasteiger partial charge in [-0.05, 0) is 29.7 Å². The molecule has 2 rings (SSSR count). The lowest BCUT2D eigenvalue weighted by Gasteiger charge is -2.07. The summed E-state index contributed by atoms with van der Waals surface area (Å²) in [5, 5.41) is 8.88. The lowest BCUT2D eigenvalue weighted by molar-refractivity contribution is 0.0691. The summed E-state index contributed by atoms with van der Waals surface area (Å²) in [5.74, 6) is -0.615. The smallest absolute Gasteiger partial charge is 0.338 e. The maximum atomic E-state index is 13.9. The molecule has 0 spiro atoms. The summed E-state index contributed by atoms with van der Waals surface area (Å²) >= 11 is 1.58. The molecule has 1 N–H and O–H groups in total. The highest BCUT2D eigenvalue weighted by atomic mass is 32.2. The zero-order chi connectivity index (χ0) is 14.5. The van der Waals surface area contributed by atoms with Gasteiger partial charge in [-0.1, -0.05) is 36.4 Å². The van der Waals surface area contributed by atoms with Gasteiger partial charge in [0.1, 0.15) is 5.82 Å². The summed E-state index contributed by atoms with van der Waals surface area (Å²) in [7, 11) is 0. The molecule has 2 aromatic carbocycles. The van der Waals surface area contributed by atoms with Gasteiger partial charge in [0, 0.05) is 11.5 Å². The Labute approximate surface area is 121 Å². The third-order valence-electron chi connectivity index (χ3n) is 3.09. The third kappa shape index (κ3) is 3.39. The Hall–Kier alpha value is -1.81. The van der Waals surface area contributed by atoms with Gasteiger partial charge in [0.15, 0.2) is 0 Å². The first-order chi connectivity index (χ1) is 9.59. The fraction of sp³-hybridized carbons (Fsp3) is 0.188. The predicted octanol–water partition coefficient (Wildman–Crippen LogP) is 4.27. The van der Waals surface area contributed by atoms with Crippen molar-refractivity contribution in [2.75, 3.05) is 0 Å². The minimum absolute atomic E-state index is 0.265. The van der Waals surface area contributed by atoms with Gasteiger partial charge < -0.3 is 5.11 Å². The molecule has 0 atom stereocenters. The van der Waals surface area contributed by atoms with Crippen molar-refractivity contribution in [3.8, 4) is 0 Å². The molecule has 0 unspecified atom stereocenters. The zero-order valence-corrected chi connectivity index (χ0v) is 11.9. The van der Waals surface area contributed by atoms with Gasteiger partial charge in [-0.25, -0.2) is 9.18 Å². The Morgan fingerprint density at radius 2 is 1.75 bits per heavy atom. The number of hydrogen-bond acceptors (Lipinski definition) is 2. The maximum Gasteiger partial charge on any atom is 0.338 e. The summed E-state index contributed by atoms with van der Waals surface area (Å²) in [5.41, 5.74) is 2.59. The van der Waals surface area contributed by atoms with Gasteiger partial charge in [-0.15, -0.1) is 0 Å². The average Bonchev–Trinajstić information content (AvgIpc) is 2.42. The topological polar surface area (TPSA) is 37.3 Å². The van der Waals surface area contributed by atoms with Gasteiger partial charge in [0.2, 0.25) is 0 Å². The number of aromatic carboxylic acids is 1. The van der Waals surface area contributed by atoms with Crippen LogP contribution in [0.4, 0.5) is 4.39 Å². The number of rotatable bonds is 5. The molecule has 20 heavy (non-hydrogen) atoms. The van der Waals surface area contributed by atoms with Crippen molar-refractivity contribution in [2.45, 2.75) is 18.4 Å². The number of halogens is 1. The van der Waals surface area contributed by atoms with Crippen LogP contribution in [0, 0.1) is 12.7 Å². The first kappa shape index (κ1) is 14.6. The van der Waals surface area contributed by atoms with E-state index in [1.54, 1.807) is 23.9 Å². The SMILES string of the molecule is Cc1ccccc1CSCc1cccc(C(=O)O)c1F. The standard InChI is InChI=1S/C16H15FO2S/c1-11-5-2-3-6-12(11)9-20-10-13-7-4-8-14(15(13)17)16(18)19/h2-8H,9-10H2,1H3,(H,18,19). The highest BCUT2D eigenvalue weighted by Crippen LogP contribution is 2.23. The van der Waals surface area contributed by atoms with Crippen LogP contribution in [0.5, 0.6) is 0 Å². The maximum absolute atomic E-state index is 13.9. The summed E-state index contributed by atoms with van der Waals surface area (Å²) in [6.45, 7) is 2.04. The van der Waals surface area contributed by atoms with Crippen molar-refractivity contribution < 1.29 is 14.3 Å². The Bertz CT molecular complexity index is 626. The van der Waals surface area contributed by atoms with Gasteiger partial charge in [-0.3, -0.25) is 0 Å². The molecular weight excluding hydrogens is 275 g/mol. The van der Waals surface area contributed by atoms with E-state index in [-0.39, 0.29) is 5.56 Å². The number of hydrogen-bond donors (Lipinski definition) is 1. The molecule has 0 saturated heterocycles. The van der Waals surface area contributed by atoms with Crippen LogP contribution in [0.1, 0.15) is 27.0 Å². The fourth-order valence-corrected chi connectivity index (χ4v) is 2.99. The highest BCUT2D eigenvalue weighted by Gasteiger charge is 2.13. The van der Waals surface area contributed by atoms with Crippen LogP contribution < -0.4 is 0 Å². The van der Waals surface area contributed by atoms with Crippen LogP contribution in [-0.4, -0.2) is 11.1 Å². The highest BCUT2D eigenvalue weighted by molar-refractivity contribution is 7.97. The number of carbonyl (C=O) groups is 1. The van der Waals surface area contributed by atoms with Crippen LogP contribution in [0.25, 0.3) is 0 Å². The quantitative estimate of drug-likeness (QED) is 0.893. The van der Waals surface area contributed by atoms with Crippen LogP contribution >= 0.6 is 11.8 Å². The van der Waals surface area contributed by atoms with Crippen molar-refractivity contribution in [3.05, 3.63) is 70.5 Å². The molecule has 4 heteroatoms. The summed E-state index contributed by atoms with van der Waals surface area (Å²) in [6.07, 6.45) is 0. The second-order valence-electron chi connectivity index (χ2n) is 4.50. The van der Waals surface area contributed by atoms with Crippen molar-refractivity contribution in [1.82, 2.24) is 0 Å². The summed E-state index contributed by atoms with van der Waals surface area (Å²) in [4.78, 5) is 10.9. The molecule has 0 aliphatic carbocycles. The second kappa shape index (κ2) is 6.57. The molecule has 0 fully saturated rings. The normalized spacial score (nSPS) is 10.5. The first-order valence-electron chi connectivity index (χ1n) is 6.22. The summed E-state index contributed by atoms with van der Waals surface area (Å²) < 4.78 is 13.9. The molecule has 0 aromatic heterocycles. The van der Waals surface area contributed by atoms with Crippen LogP contribution in [-0.2, 0) is 11.5 Å². The molecule has 0 bridgehead atoms. The minimum Gasteiger partial charge on any atom is -0.478 e. The number of carboxylic acids is 1. The molecule has 0 radical (unpaired) electrons. The lowest BCUT2D eigenvalue weighted by atomic mass is 10.1. The molecule has 0 heterocycles. The van der Waals surface area contributed by atoms with Gasteiger partial charge >= 0.3 is 5.97 Å². The van der Waals surface area contributed by atoms with Crippen LogP contribution in [0.2, 0.25) is 0 Å². The van der Waals surface area contributed by atoms with E-state index in [0.29, 0.717) is 11.3 Å². The summed E-state index contributed by atoms with van der Waals surface area (Å²) in [6, 6.07) is 12.6. The van der Waals surface area contributed by atoms with Crippen molar-refractivity contribution in [3.63, 3.8) is 0 Å². The van der Waals surface area contributed by atoms with Crippen LogP contribution in [0.3, 0.4) is 0 Å². The second-order valence-corrected chi connectivity index (χ2v) is 5.49. The molecule has 0 amide bonds. The number of benzene rings is 2. The molecule has 104 valence electrons. The van der Waals surface area contributed by atoms with E-state index in [0.717, 1.165) is 5.75 Å². The van der Waals surface area contributed by atoms with Gasteiger partial charge in [-0.2, -0.15) is 11.8 Å². The van der Waals surface area contributed by atoms with Crippen molar-refractivity contribution in [2.24, 2.45) is 0 Å². The van der Waals surface area contributed by atoms with Gasteiger partial charge in [0.05, 0.1) is 5.56 Å². The first-order valence-corrected chi connectivity index (χ1v) is 7.38. The Balaban J connectivity index is 2.03. The number of aryl methyl sites for hydroxylation is 1. The van der Waals surface area contributed by atoms with Crippen LogP contribution in [0.15, 0.2) is 42.5 Å². The van der Waals surface area contributed by atoms with Gasteiger partial charge in [0.25, 0.3) is 0 Å². The molecule has 0 aliphatic rings. The van der Waals surface area contributed by atoms with E-state index in [4.69, 9.17) is 5.11 Å². The van der Waals surface area contributed by atoms with Crippen molar-refractivity contribution in [1.29, 1.82) is 0 Å². The number of thioether (sulfide) groups is 1. The van der Waals surface area contributed by atoms with E-state index >= 15 is 0 Å². The molecular formula is C16H15FO2S. The minimum atomic E-state index is -1.23. The van der Waals surface area contributed by atoms with E-state index < -0.39 is 11.8 Å². The Kier molecular flexibility index (Phi) is 4.79. The Morgan fingerprint density at radius 1 is 1.10 bits per heavy atom. The molecule has 0 saturated carbocycles. The van der Waals surface area contributed by atoms with Crippen molar-refractivity contribution >= 4 is 17.7 Å². The average molecular weight is 290 g/mol. The van der Waals surface area contributed by atoms with E-state index in [1.165, 1.54) is 17.2 Å². The molecule has 2 nitrogen and oxygen atoms in total. The predicted molar refractivity (Wildman–Crippen MR) is 79.5 cm³/mol. The zero-order valence-electron chi connectivity index (χ0n) is 11.1. The fourth-order valence-electron chi connectivity index (χ4n) is 1.90. The lowest BCUT2D eigenvalue weighted by Crippen LogP contribution is -2.03. The molecule has 2 aromatic rings. The van der Waals surface area contributed by atoms with E-state index in [9.17, 15) is 9.18 Å². The van der Waals surface area contributed by atoms with E-state index in [1.807, 2.05) is 31.2 Å². The Morgan fingerprint density at radius 3 is 2.45 bits per heavy atom. The third-order valence-corrected chi connectivity index (χ3v) is 4.12. The largest absolute Gasteiger partial charge is 0.478 e. The van der Waals surface area contributed by atoms with E-state index in [2.05, 4.69) is 0 Å².